The Balaban J connectivity index is 1.43. The molecule has 0 aliphatic heterocycles. The molecule has 0 aromatic heterocycles. The Morgan fingerprint density at radius 3 is 2.48 bits per heavy atom. The van der Waals surface area contributed by atoms with Crippen molar-refractivity contribution in [1.29, 1.82) is 0 Å². The summed E-state index contributed by atoms with van der Waals surface area (Å²) in [5, 5.41) is 4.27. The number of halogens is 2. The zero-order chi connectivity index (χ0) is 21.0. The summed E-state index contributed by atoms with van der Waals surface area (Å²) in [6.45, 7) is 2.55. The molecule has 0 saturated heterocycles. The summed E-state index contributed by atoms with van der Waals surface area (Å²) >= 11 is 12.0. The minimum atomic E-state index is -0.202. The maximum Gasteiger partial charge on any atom is 0.308 e. The number of methoxy groups -OCH3 is 1. The third-order valence-corrected chi connectivity index (χ3v) is 6.59. The minimum Gasteiger partial charge on any atom is -0.492 e. The molecule has 1 aromatic rings. The van der Waals surface area contributed by atoms with Gasteiger partial charge < -0.3 is 14.8 Å². The highest BCUT2D eigenvalue weighted by atomic mass is 35.5. The molecule has 5 nitrogen and oxygen atoms in total. The van der Waals surface area contributed by atoms with E-state index in [1.165, 1.54) is 7.11 Å². The number of benzene rings is 1. The van der Waals surface area contributed by atoms with Gasteiger partial charge in [0.1, 0.15) is 5.75 Å². The number of nitrogens with one attached hydrogen (secondary N) is 1. The second-order valence-corrected chi connectivity index (χ2v) is 9.55. The number of amides is 1. The van der Waals surface area contributed by atoms with Crippen LogP contribution in [0.4, 0.5) is 0 Å². The van der Waals surface area contributed by atoms with Gasteiger partial charge in [-0.25, -0.2) is 0 Å². The summed E-state index contributed by atoms with van der Waals surface area (Å²) in [7, 11) is 1.46. The molecule has 0 spiro atoms. The molecule has 1 amide bonds. The molecule has 2 aliphatic rings. The van der Waals surface area contributed by atoms with Crippen LogP contribution in [-0.2, 0) is 14.3 Å². The summed E-state index contributed by atoms with van der Waals surface area (Å²) in [6.07, 6.45) is 5.72. The van der Waals surface area contributed by atoms with Crippen molar-refractivity contribution in [2.24, 2.45) is 17.8 Å². The molecule has 2 bridgehead atoms. The van der Waals surface area contributed by atoms with E-state index in [-0.39, 0.29) is 23.3 Å². The predicted octanol–water partition coefficient (Wildman–Crippen LogP) is 5.03. The molecule has 0 heterocycles. The number of carbonyl (C=O) groups is 2. The van der Waals surface area contributed by atoms with E-state index in [9.17, 15) is 9.59 Å². The molecule has 7 heteroatoms. The van der Waals surface area contributed by atoms with Crippen molar-refractivity contribution in [1.82, 2.24) is 5.32 Å². The van der Waals surface area contributed by atoms with Gasteiger partial charge in [-0.3, -0.25) is 9.59 Å². The van der Waals surface area contributed by atoms with Gasteiger partial charge in [0.05, 0.1) is 24.7 Å². The SMILES string of the molecule is COC(=O)C1CC2CC(C1)CC(C)(NC(=O)CCCOc1ccc(Cl)cc1Cl)C2. The van der Waals surface area contributed by atoms with E-state index in [2.05, 4.69) is 12.2 Å². The summed E-state index contributed by atoms with van der Waals surface area (Å²) in [5.74, 6) is 1.47. The average molecular weight is 442 g/mol. The highest BCUT2D eigenvalue weighted by molar-refractivity contribution is 6.35. The molecule has 1 aromatic carbocycles. The van der Waals surface area contributed by atoms with Crippen LogP contribution in [-0.4, -0.2) is 31.1 Å². The van der Waals surface area contributed by atoms with Crippen LogP contribution >= 0.6 is 23.2 Å². The van der Waals surface area contributed by atoms with Gasteiger partial charge >= 0.3 is 5.97 Å². The van der Waals surface area contributed by atoms with E-state index >= 15 is 0 Å². The van der Waals surface area contributed by atoms with Gasteiger partial charge in [-0.1, -0.05) is 23.2 Å². The van der Waals surface area contributed by atoms with E-state index in [0.29, 0.717) is 47.1 Å². The highest BCUT2D eigenvalue weighted by Gasteiger charge is 2.44. The third-order valence-electron chi connectivity index (χ3n) is 6.06. The number of ether oxygens (including phenoxy) is 2. The van der Waals surface area contributed by atoms with Crippen LogP contribution in [0.25, 0.3) is 0 Å². The fourth-order valence-corrected chi connectivity index (χ4v) is 5.59. The van der Waals surface area contributed by atoms with Gasteiger partial charge in [-0.2, -0.15) is 0 Å². The Hall–Kier alpha value is -1.46. The lowest BCUT2D eigenvalue weighted by atomic mass is 9.62. The summed E-state index contributed by atoms with van der Waals surface area (Å²) in [5.41, 5.74) is -0.202. The molecule has 2 saturated carbocycles. The zero-order valence-corrected chi connectivity index (χ0v) is 18.5. The van der Waals surface area contributed by atoms with Crippen molar-refractivity contribution in [3.8, 4) is 5.75 Å². The first kappa shape index (κ1) is 22.2. The number of fused-ring (bicyclic) bond motifs is 2. The molecule has 3 rings (SSSR count). The third kappa shape index (κ3) is 6.02. The van der Waals surface area contributed by atoms with E-state index in [4.69, 9.17) is 32.7 Å². The topological polar surface area (TPSA) is 64.6 Å². The lowest BCUT2D eigenvalue weighted by Crippen LogP contribution is -2.53. The van der Waals surface area contributed by atoms with Crippen molar-refractivity contribution in [3.05, 3.63) is 28.2 Å². The number of esters is 1. The van der Waals surface area contributed by atoms with E-state index < -0.39 is 0 Å². The summed E-state index contributed by atoms with van der Waals surface area (Å²) in [6, 6.07) is 5.09. The first-order chi connectivity index (χ1) is 13.8. The van der Waals surface area contributed by atoms with Crippen LogP contribution in [0.1, 0.15) is 51.9 Å². The van der Waals surface area contributed by atoms with Gasteiger partial charge in [-0.15, -0.1) is 0 Å². The van der Waals surface area contributed by atoms with Gasteiger partial charge in [0.15, 0.2) is 0 Å². The molecular weight excluding hydrogens is 413 g/mol. The second kappa shape index (κ2) is 9.57. The Morgan fingerprint density at radius 1 is 1.17 bits per heavy atom. The van der Waals surface area contributed by atoms with Crippen molar-refractivity contribution >= 4 is 35.1 Å². The van der Waals surface area contributed by atoms with E-state index in [0.717, 1.165) is 32.1 Å². The number of carbonyl (C=O) groups excluding carboxylic acids is 2. The quantitative estimate of drug-likeness (QED) is 0.476. The number of hydrogen-bond acceptors (Lipinski definition) is 4. The largest absolute Gasteiger partial charge is 0.492 e. The van der Waals surface area contributed by atoms with Crippen molar-refractivity contribution in [2.45, 2.75) is 57.4 Å². The lowest BCUT2D eigenvalue weighted by Gasteiger charge is -2.47. The van der Waals surface area contributed by atoms with Crippen LogP contribution in [0.2, 0.25) is 10.0 Å². The van der Waals surface area contributed by atoms with E-state index in [1.54, 1.807) is 18.2 Å². The Kier molecular flexibility index (Phi) is 7.33. The van der Waals surface area contributed by atoms with Crippen LogP contribution in [0.15, 0.2) is 18.2 Å². The van der Waals surface area contributed by atoms with Gasteiger partial charge in [0.25, 0.3) is 0 Å². The predicted molar refractivity (Wildman–Crippen MR) is 113 cm³/mol. The van der Waals surface area contributed by atoms with Crippen LogP contribution in [0.3, 0.4) is 0 Å². The van der Waals surface area contributed by atoms with Crippen LogP contribution in [0, 0.1) is 17.8 Å². The molecule has 160 valence electrons. The second-order valence-electron chi connectivity index (χ2n) is 8.70. The zero-order valence-electron chi connectivity index (χ0n) is 17.0. The summed E-state index contributed by atoms with van der Waals surface area (Å²) < 4.78 is 10.6. The first-order valence-corrected chi connectivity index (χ1v) is 11.0. The van der Waals surface area contributed by atoms with Crippen molar-refractivity contribution in [2.75, 3.05) is 13.7 Å². The fourth-order valence-electron chi connectivity index (χ4n) is 5.12. The Morgan fingerprint density at radius 2 is 1.86 bits per heavy atom. The molecular formula is C22H29Cl2NO4. The number of rotatable bonds is 7. The smallest absolute Gasteiger partial charge is 0.308 e. The van der Waals surface area contributed by atoms with Gasteiger partial charge in [-0.05, 0) is 75.5 Å². The lowest BCUT2D eigenvalue weighted by molar-refractivity contribution is -0.149. The monoisotopic (exact) mass is 441 g/mol. The van der Waals surface area contributed by atoms with Crippen LogP contribution < -0.4 is 10.1 Å². The standard InChI is InChI=1S/C22H29Cl2NO4/c1-22(12-14-8-15(13-22)10-16(9-14)21(27)28-2)25-20(26)4-3-7-29-19-6-5-17(23)11-18(19)24/h5-6,11,14-16H,3-4,7-10,12-13H2,1-2H3,(H,25,26). The molecule has 2 aliphatic carbocycles. The molecule has 0 radical (unpaired) electrons. The molecule has 1 N–H and O–H groups in total. The average Bonchev–Trinajstić information content (AvgIpc) is 2.64. The van der Waals surface area contributed by atoms with E-state index in [1.807, 2.05) is 0 Å². The molecule has 2 unspecified atom stereocenters. The highest BCUT2D eigenvalue weighted by Crippen LogP contribution is 2.46. The van der Waals surface area contributed by atoms with Crippen LogP contribution in [0.5, 0.6) is 5.75 Å². The first-order valence-electron chi connectivity index (χ1n) is 10.2. The molecule has 2 fully saturated rings. The van der Waals surface area contributed by atoms with Crippen molar-refractivity contribution in [3.63, 3.8) is 0 Å². The maximum absolute atomic E-state index is 12.5. The minimum absolute atomic E-state index is 0.0147. The fraction of sp³-hybridized carbons (Fsp3) is 0.636. The Bertz CT molecular complexity index is 740. The molecule has 29 heavy (non-hydrogen) atoms. The maximum atomic E-state index is 12.5. The van der Waals surface area contributed by atoms with Crippen molar-refractivity contribution < 1.29 is 19.1 Å². The Labute approximate surface area is 182 Å². The molecule has 2 atom stereocenters. The van der Waals surface area contributed by atoms with Gasteiger partial charge in [0, 0.05) is 17.0 Å². The van der Waals surface area contributed by atoms with Gasteiger partial charge in [0.2, 0.25) is 5.91 Å². The summed E-state index contributed by atoms with van der Waals surface area (Å²) in [4.78, 5) is 24.4. The number of hydrogen-bond donors (Lipinski definition) is 1. The normalized spacial score (nSPS) is 28.5.